The van der Waals surface area contributed by atoms with Crippen LogP contribution in [0.1, 0.15) is 35.7 Å². The van der Waals surface area contributed by atoms with Crippen LogP contribution in [-0.2, 0) is 9.84 Å². The molecule has 6 nitrogen and oxygen atoms in total. The van der Waals surface area contributed by atoms with Crippen molar-refractivity contribution in [3.8, 4) is 11.1 Å². The highest BCUT2D eigenvalue weighted by Crippen LogP contribution is 2.28. The van der Waals surface area contributed by atoms with Crippen LogP contribution < -0.4 is 11.1 Å². The first-order chi connectivity index (χ1) is 16.6. The van der Waals surface area contributed by atoms with E-state index >= 15 is 0 Å². The van der Waals surface area contributed by atoms with Crippen molar-refractivity contribution in [1.82, 2.24) is 4.98 Å². The van der Waals surface area contributed by atoms with Crippen molar-refractivity contribution in [2.24, 2.45) is 0 Å². The first kappa shape index (κ1) is 24.1. The summed E-state index contributed by atoms with van der Waals surface area (Å²) in [7, 11) is -3.78. The third-order valence-electron chi connectivity index (χ3n) is 5.62. The second-order valence-electron chi connectivity index (χ2n) is 8.40. The van der Waals surface area contributed by atoms with E-state index in [1.165, 1.54) is 42.6 Å². The molecule has 3 N–H and O–H groups in total. The Morgan fingerprint density at radius 1 is 0.886 bits per heavy atom. The summed E-state index contributed by atoms with van der Waals surface area (Å²) in [5, 5.41) is 2.76. The van der Waals surface area contributed by atoms with Gasteiger partial charge in [0.2, 0.25) is 9.84 Å². The lowest BCUT2D eigenvalue weighted by Crippen LogP contribution is -2.13. The molecule has 3 aromatic carbocycles. The number of hydrogen-bond acceptors (Lipinski definition) is 5. The predicted octanol–water partition coefficient (Wildman–Crippen LogP) is 5.68. The molecule has 0 aliphatic carbocycles. The molecule has 0 aliphatic rings. The highest BCUT2D eigenvalue weighted by Gasteiger charge is 2.20. The number of nitrogens with two attached hydrogens (primary N) is 1. The SMILES string of the molecule is CC(C)c1cncc(S(=O)(=O)c2ccc(C(=O)Nc3cc(-c4ccc(F)cc4)ccc3N)cc2)c1. The Balaban J connectivity index is 1.55. The van der Waals surface area contributed by atoms with Crippen LogP contribution >= 0.6 is 0 Å². The molecule has 0 unspecified atom stereocenters. The van der Waals surface area contributed by atoms with E-state index in [4.69, 9.17) is 5.73 Å². The van der Waals surface area contributed by atoms with Gasteiger partial charge in [0.15, 0.2) is 0 Å². The first-order valence-corrected chi connectivity index (χ1v) is 12.4. The molecule has 4 aromatic rings. The second-order valence-corrected chi connectivity index (χ2v) is 10.3. The van der Waals surface area contributed by atoms with Gasteiger partial charge in [0.25, 0.3) is 5.91 Å². The normalized spacial score (nSPS) is 11.4. The summed E-state index contributed by atoms with van der Waals surface area (Å²) >= 11 is 0. The number of carbonyl (C=O) groups is 1. The average Bonchev–Trinajstić information content (AvgIpc) is 2.86. The second kappa shape index (κ2) is 9.68. The van der Waals surface area contributed by atoms with E-state index in [2.05, 4.69) is 10.3 Å². The number of anilines is 2. The summed E-state index contributed by atoms with van der Waals surface area (Å²) in [6.07, 6.45) is 2.96. The molecule has 0 atom stereocenters. The molecule has 1 amide bonds. The van der Waals surface area contributed by atoms with Crippen LogP contribution in [0, 0.1) is 5.82 Å². The van der Waals surface area contributed by atoms with E-state index < -0.39 is 15.7 Å². The maximum atomic E-state index is 13.2. The minimum Gasteiger partial charge on any atom is -0.397 e. The topological polar surface area (TPSA) is 102 Å². The smallest absolute Gasteiger partial charge is 0.255 e. The number of rotatable bonds is 6. The molecular formula is C27H24FN3O3S. The van der Waals surface area contributed by atoms with Crippen LogP contribution in [0.5, 0.6) is 0 Å². The van der Waals surface area contributed by atoms with Crippen molar-refractivity contribution in [1.29, 1.82) is 0 Å². The molecule has 0 fully saturated rings. The third kappa shape index (κ3) is 5.22. The molecule has 35 heavy (non-hydrogen) atoms. The van der Waals surface area contributed by atoms with Gasteiger partial charge < -0.3 is 11.1 Å². The number of nitrogen functional groups attached to an aromatic ring is 1. The summed E-state index contributed by atoms with van der Waals surface area (Å²) in [6.45, 7) is 3.92. The maximum absolute atomic E-state index is 13.2. The average molecular weight is 490 g/mol. The van der Waals surface area contributed by atoms with Crippen LogP contribution in [0.3, 0.4) is 0 Å². The fourth-order valence-corrected chi connectivity index (χ4v) is 4.76. The Hall–Kier alpha value is -4.04. The summed E-state index contributed by atoms with van der Waals surface area (Å²) in [5.74, 6) is -0.648. The molecular weight excluding hydrogens is 465 g/mol. The number of nitrogens with one attached hydrogen (secondary N) is 1. The number of nitrogens with zero attached hydrogens (tertiary/aromatic N) is 1. The number of benzene rings is 3. The van der Waals surface area contributed by atoms with E-state index in [-0.39, 0.29) is 27.1 Å². The number of hydrogen-bond donors (Lipinski definition) is 2. The van der Waals surface area contributed by atoms with Crippen LogP contribution in [0.15, 0.2) is 95.0 Å². The number of sulfone groups is 1. The Kier molecular flexibility index (Phi) is 6.66. The quantitative estimate of drug-likeness (QED) is 0.339. The van der Waals surface area contributed by atoms with Crippen molar-refractivity contribution in [2.75, 3.05) is 11.1 Å². The summed E-state index contributed by atoms with van der Waals surface area (Å²) in [5.41, 5.74) is 9.41. The Labute approximate surface area is 203 Å². The zero-order valence-electron chi connectivity index (χ0n) is 19.2. The van der Waals surface area contributed by atoms with Crippen LogP contribution in [0.4, 0.5) is 15.8 Å². The van der Waals surface area contributed by atoms with Gasteiger partial charge in [0, 0.05) is 18.0 Å². The summed E-state index contributed by atoms with van der Waals surface area (Å²) in [4.78, 5) is 17.1. The lowest BCUT2D eigenvalue weighted by molar-refractivity contribution is 0.102. The number of aromatic nitrogens is 1. The third-order valence-corrected chi connectivity index (χ3v) is 7.35. The van der Waals surface area contributed by atoms with Gasteiger partial charge in [-0.05, 0) is 77.2 Å². The summed E-state index contributed by atoms with van der Waals surface area (Å²) in [6, 6.07) is 18.4. The molecule has 0 bridgehead atoms. The van der Waals surface area contributed by atoms with Crippen LogP contribution in [0.25, 0.3) is 11.1 Å². The van der Waals surface area contributed by atoms with E-state index in [1.54, 1.807) is 42.6 Å². The van der Waals surface area contributed by atoms with Gasteiger partial charge in [0.1, 0.15) is 5.82 Å². The molecule has 1 heterocycles. The van der Waals surface area contributed by atoms with Crippen molar-refractivity contribution >= 4 is 27.1 Å². The molecule has 1 aromatic heterocycles. The lowest BCUT2D eigenvalue weighted by Gasteiger charge is -2.12. The number of carbonyl (C=O) groups excluding carboxylic acids is 1. The van der Waals surface area contributed by atoms with Gasteiger partial charge >= 0.3 is 0 Å². The van der Waals surface area contributed by atoms with Crippen molar-refractivity contribution in [2.45, 2.75) is 29.6 Å². The lowest BCUT2D eigenvalue weighted by atomic mass is 10.0. The zero-order chi connectivity index (χ0) is 25.2. The van der Waals surface area contributed by atoms with E-state index in [0.29, 0.717) is 11.4 Å². The Bertz CT molecular complexity index is 1480. The van der Waals surface area contributed by atoms with Crippen LogP contribution in [-0.4, -0.2) is 19.3 Å². The number of pyridine rings is 1. The Morgan fingerprint density at radius 3 is 2.20 bits per heavy atom. The fraction of sp³-hybridized carbons (Fsp3) is 0.111. The van der Waals surface area contributed by atoms with Gasteiger partial charge in [-0.1, -0.05) is 32.0 Å². The zero-order valence-corrected chi connectivity index (χ0v) is 20.0. The minimum atomic E-state index is -3.78. The standard InChI is InChI=1S/C27H24FN3O3S/c1-17(2)21-13-24(16-30-15-21)35(33,34)23-10-5-19(6-11-23)27(32)31-26-14-20(7-12-25(26)29)18-3-8-22(28)9-4-18/h3-17H,29H2,1-2H3,(H,31,32). The molecule has 8 heteroatoms. The highest BCUT2D eigenvalue weighted by molar-refractivity contribution is 7.91. The molecule has 0 aliphatic heterocycles. The predicted molar refractivity (Wildman–Crippen MR) is 134 cm³/mol. The monoisotopic (exact) mass is 489 g/mol. The largest absolute Gasteiger partial charge is 0.397 e. The fourth-order valence-electron chi connectivity index (χ4n) is 3.50. The first-order valence-electron chi connectivity index (χ1n) is 10.9. The number of amides is 1. The van der Waals surface area contributed by atoms with Crippen molar-refractivity contribution in [3.63, 3.8) is 0 Å². The van der Waals surface area contributed by atoms with Gasteiger partial charge in [-0.2, -0.15) is 0 Å². The minimum absolute atomic E-state index is 0.0644. The molecule has 0 saturated heterocycles. The molecule has 178 valence electrons. The van der Waals surface area contributed by atoms with E-state index in [9.17, 15) is 17.6 Å². The van der Waals surface area contributed by atoms with Crippen LogP contribution in [0.2, 0.25) is 0 Å². The van der Waals surface area contributed by atoms with Crippen molar-refractivity contribution < 1.29 is 17.6 Å². The van der Waals surface area contributed by atoms with Crippen molar-refractivity contribution in [3.05, 3.63) is 102 Å². The molecule has 4 rings (SSSR count). The van der Waals surface area contributed by atoms with E-state index in [0.717, 1.165) is 16.7 Å². The summed E-state index contributed by atoms with van der Waals surface area (Å²) < 4.78 is 39.3. The van der Waals surface area contributed by atoms with Gasteiger partial charge in [0.05, 0.1) is 21.2 Å². The molecule has 0 saturated carbocycles. The van der Waals surface area contributed by atoms with E-state index in [1.807, 2.05) is 13.8 Å². The van der Waals surface area contributed by atoms with Gasteiger partial charge in [-0.3, -0.25) is 9.78 Å². The molecule has 0 spiro atoms. The highest BCUT2D eigenvalue weighted by atomic mass is 32.2. The molecule has 0 radical (unpaired) electrons. The van der Waals surface area contributed by atoms with Gasteiger partial charge in [-0.25, -0.2) is 12.8 Å². The number of halogens is 1. The Morgan fingerprint density at radius 2 is 1.54 bits per heavy atom. The maximum Gasteiger partial charge on any atom is 0.255 e. The van der Waals surface area contributed by atoms with Gasteiger partial charge in [-0.15, -0.1) is 0 Å².